The van der Waals surface area contributed by atoms with Crippen LogP contribution in [0.1, 0.15) is 6.42 Å². The number of rotatable bonds is 6. The number of halogens is 1. The molecule has 0 saturated heterocycles. The third kappa shape index (κ3) is 5.79. The van der Waals surface area contributed by atoms with E-state index in [2.05, 4.69) is 31.9 Å². The highest BCUT2D eigenvalue weighted by Gasteiger charge is 2.03. The molecular weight excluding hydrogens is 298 g/mol. The summed E-state index contributed by atoms with van der Waals surface area (Å²) in [5.74, 6) is -0.181. The highest BCUT2D eigenvalue weighted by Crippen LogP contribution is 2.15. The SMILES string of the molecule is CNC(=O)CCNCC(=O)Nc1cccc(Br)c1. The van der Waals surface area contributed by atoms with Gasteiger partial charge in [0.2, 0.25) is 11.8 Å². The van der Waals surface area contributed by atoms with E-state index in [1.165, 1.54) is 0 Å². The van der Waals surface area contributed by atoms with Gasteiger partial charge in [0.25, 0.3) is 0 Å². The maximum Gasteiger partial charge on any atom is 0.238 e. The molecule has 0 bridgehead atoms. The summed E-state index contributed by atoms with van der Waals surface area (Å²) in [5.41, 5.74) is 0.738. The first-order valence-corrected chi connectivity index (χ1v) is 6.38. The van der Waals surface area contributed by atoms with E-state index in [1.54, 1.807) is 7.05 Å². The highest BCUT2D eigenvalue weighted by atomic mass is 79.9. The zero-order chi connectivity index (χ0) is 13.4. The van der Waals surface area contributed by atoms with Crippen LogP contribution in [-0.4, -0.2) is 32.0 Å². The molecule has 0 aliphatic rings. The molecule has 3 N–H and O–H groups in total. The van der Waals surface area contributed by atoms with Crippen molar-refractivity contribution < 1.29 is 9.59 Å². The summed E-state index contributed by atoms with van der Waals surface area (Å²) >= 11 is 3.33. The molecule has 0 spiro atoms. The van der Waals surface area contributed by atoms with Crippen molar-refractivity contribution in [3.05, 3.63) is 28.7 Å². The lowest BCUT2D eigenvalue weighted by Crippen LogP contribution is -2.31. The summed E-state index contributed by atoms with van der Waals surface area (Å²) in [6.45, 7) is 0.662. The van der Waals surface area contributed by atoms with Crippen molar-refractivity contribution in [2.75, 3.05) is 25.5 Å². The molecule has 0 heterocycles. The Morgan fingerprint density at radius 2 is 2.06 bits per heavy atom. The van der Waals surface area contributed by atoms with Gasteiger partial charge in [-0.1, -0.05) is 22.0 Å². The van der Waals surface area contributed by atoms with Gasteiger partial charge in [-0.05, 0) is 18.2 Å². The summed E-state index contributed by atoms with van der Waals surface area (Å²) < 4.78 is 0.910. The van der Waals surface area contributed by atoms with Gasteiger partial charge in [0, 0.05) is 30.2 Å². The van der Waals surface area contributed by atoms with Crippen LogP contribution < -0.4 is 16.0 Å². The van der Waals surface area contributed by atoms with Crippen molar-refractivity contribution in [2.45, 2.75) is 6.42 Å². The number of carbonyl (C=O) groups is 2. The van der Waals surface area contributed by atoms with Gasteiger partial charge >= 0.3 is 0 Å². The lowest BCUT2D eigenvalue weighted by Gasteiger charge is -2.06. The van der Waals surface area contributed by atoms with E-state index in [0.717, 1.165) is 10.2 Å². The molecular formula is C12H16BrN3O2. The van der Waals surface area contributed by atoms with Crippen LogP contribution in [0, 0.1) is 0 Å². The predicted octanol–water partition coefficient (Wildman–Crippen LogP) is 1.11. The lowest BCUT2D eigenvalue weighted by molar-refractivity contribution is -0.121. The van der Waals surface area contributed by atoms with Crippen LogP contribution >= 0.6 is 15.9 Å². The molecule has 5 nitrogen and oxygen atoms in total. The van der Waals surface area contributed by atoms with Crippen LogP contribution in [0.15, 0.2) is 28.7 Å². The molecule has 2 amide bonds. The van der Waals surface area contributed by atoms with Crippen LogP contribution in [0.3, 0.4) is 0 Å². The summed E-state index contributed by atoms with van der Waals surface area (Å²) in [6, 6.07) is 7.37. The van der Waals surface area contributed by atoms with Crippen molar-refractivity contribution in [3.63, 3.8) is 0 Å². The van der Waals surface area contributed by atoms with E-state index in [9.17, 15) is 9.59 Å². The van der Waals surface area contributed by atoms with E-state index in [0.29, 0.717) is 13.0 Å². The standard InChI is InChI=1S/C12H16BrN3O2/c1-14-11(17)5-6-15-8-12(18)16-10-4-2-3-9(13)7-10/h2-4,7,15H,5-6,8H2,1H3,(H,14,17)(H,16,18). The van der Waals surface area contributed by atoms with Crippen molar-refractivity contribution in [1.82, 2.24) is 10.6 Å². The van der Waals surface area contributed by atoms with Crippen molar-refractivity contribution in [3.8, 4) is 0 Å². The van der Waals surface area contributed by atoms with E-state index >= 15 is 0 Å². The van der Waals surface area contributed by atoms with Gasteiger partial charge in [-0.3, -0.25) is 9.59 Å². The number of benzene rings is 1. The lowest BCUT2D eigenvalue weighted by atomic mass is 10.3. The van der Waals surface area contributed by atoms with Crippen LogP contribution in [0.25, 0.3) is 0 Å². The van der Waals surface area contributed by atoms with Gasteiger partial charge in [0.1, 0.15) is 0 Å². The van der Waals surface area contributed by atoms with Gasteiger partial charge in [0.15, 0.2) is 0 Å². The zero-order valence-electron chi connectivity index (χ0n) is 10.1. The van der Waals surface area contributed by atoms with Crippen LogP contribution in [0.4, 0.5) is 5.69 Å². The molecule has 18 heavy (non-hydrogen) atoms. The Hall–Kier alpha value is -1.40. The molecule has 1 rings (SSSR count). The molecule has 98 valence electrons. The van der Waals surface area contributed by atoms with Gasteiger partial charge in [0.05, 0.1) is 6.54 Å². The van der Waals surface area contributed by atoms with Gasteiger partial charge < -0.3 is 16.0 Å². The maximum absolute atomic E-state index is 11.5. The first kappa shape index (κ1) is 14.7. The Labute approximate surface area is 114 Å². The second-order valence-corrected chi connectivity index (χ2v) is 4.57. The van der Waals surface area contributed by atoms with E-state index < -0.39 is 0 Å². The van der Waals surface area contributed by atoms with Gasteiger partial charge in [-0.15, -0.1) is 0 Å². The third-order valence-electron chi connectivity index (χ3n) is 2.20. The number of hydrogen-bond donors (Lipinski definition) is 3. The van der Waals surface area contributed by atoms with Crippen LogP contribution in [-0.2, 0) is 9.59 Å². The molecule has 0 aliphatic carbocycles. The minimum atomic E-state index is -0.134. The summed E-state index contributed by atoms with van der Waals surface area (Å²) in [6.07, 6.45) is 0.362. The predicted molar refractivity (Wildman–Crippen MR) is 74.3 cm³/mol. The first-order valence-electron chi connectivity index (χ1n) is 5.58. The smallest absolute Gasteiger partial charge is 0.238 e. The average molecular weight is 314 g/mol. The second kappa shape index (κ2) is 7.84. The van der Waals surface area contributed by atoms with Crippen LogP contribution in [0.5, 0.6) is 0 Å². The molecule has 0 atom stereocenters. The molecule has 0 aliphatic heterocycles. The fraction of sp³-hybridized carbons (Fsp3) is 0.333. The van der Waals surface area contributed by atoms with E-state index in [-0.39, 0.29) is 18.4 Å². The maximum atomic E-state index is 11.5. The molecule has 1 aromatic carbocycles. The Morgan fingerprint density at radius 3 is 2.72 bits per heavy atom. The first-order chi connectivity index (χ1) is 8.61. The monoisotopic (exact) mass is 313 g/mol. The third-order valence-corrected chi connectivity index (χ3v) is 2.69. The molecule has 6 heteroatoms. The topological polar surface area (TPSA) is 70.2 Å². The minimum Gasteiger partial charge on any atom is -0.359 e. The van der Waals surface area contributed by atoms with Crippen molar-refractivity contribution in [1.29, 1.82) is 0 Å². The summed E-state index contributed by atoms with van der Waals surface area (Å²) in [4.78, 5) is 22.5. The van der Waals surface area contributed by atoms with Crippen molar-refractivity contribution >= 4 is 33.4 Å². The van der Waals surface area contributed by atoms with E-state index in [4.69, 9.17) is 0 Å². The van der Waals surface area contributed by atoms with Crippen molar-refractivity contribution in [2.24, 2.45) is 0 Å². The summed E-state index contributed by atoms with van der Waals surface area (Å²) in [5, 5.41) is 8.17. The normalized spacial score (nSPS) is 9.89. The quantitative estimate of drug-likeness (QED) is 0.689. The highest BCUT2D eigenvalue weighted by molar-refractivity contribution is 9.10. The average Bonchev–Trinajstić information content (AvgIpc) is 2.34. The second-order valence-electron chi connectivity index (χ2n) is 3.66. The fourth-order valence-electron chi connectivity index (χ4n) is 1.30. The van der Waals surface area contributed by atoms with Gasteiger partial charge in [-0.25, -0.2) is 0 Å². The molecule has 0 aromatic heterocycles. The number of hydrogen-bond acceptors (Lipinski definition) is 3. The minimum absolute atomic E-state index is 0.0464. The Balaban J connectivity index is 2.24. The van der Waals surface area contributed by atoms with E-state index in [1.807, 2.05) is 24.3 Å². The molecule has 0 saturated carbocycles. The zero-order valence-corrected chi connectivity index (χ0v) is 11.7. The molecule has 0 radical (unpaired) electrons. The Morgan fingerprint density at radius 1 is 1.28 bits per heavy atom. The van der Waals surface area contributed by atoms with Crippen LogP contribution in [0.2, 0.25) is 0 Å². The summed E-state index contributed by atoms with van der Waals surface area (Å²) in [7, 11) is 1.59. The molecule has 0 fully saturated rings. The Kier molecular flexibility index (Phi) is 6.38. The Bertz CT molecular complexity index is 424. The number of anilines is 1. The number of amides is 2. The molecule has 1 aromatic rings. The number of carbonyl (C=O) groups excluding carboxylic acids is 2. The number of nitrogens with one attached hydrogen (secondary N) is 3. The largest absolute Gasteiger partial charge is 0.359 e. The van der Waals surface area contributed by atoms with Gasteiger partial charge in [-0.2, -0.15) is 0 Å². The molecule has 0 unspecified atom stereocenters. The fourth-order valence-corrected chi connectivity index (χ4v) is 1.70.